The van der Waals surface area contributed by atoms with Gasteiger partial charge in [0.25, 0.3) is 11.8 Å². The van der Waals surface area contributed by atoms with Crippen molar-refractivity contribution in [1.29, 1.82) is 0 Å². The molecule has 1 aliphatic heterocycles. The van der Waals surface area contributed by atoms with E-state index in [4.69, 9.17) is 16.3 Å². The van der Waals surface area contributed by atoms with E-state index in [1.807, 2.05) is 37.3 Å². The Morgan fingerprint density at radius 2 is 1.89 bits per heavy atom. The van der Waals surface area contributed by atoms with Crippen LogP contribution in [0.15, 0.2) is 60.3 Å². The third kappa shape index (κ3) is 6.88. The number of carbonyl (C=O) groups is 2. The third-order valence-electron chi connectivity index (χ3n) is 5.82. The Balaban J connectivity index is 1.52. The molecule has 8 heteroatoms. The van der Waals surface area contributed by atoms with Gasteiger partial charge in [0.1, 0.15) is 10.9 Å². The molecule has 2 heterocycles. The fourth-order valence-electron chi connectivity index (χ4n) is 3.89. The van der Waals surface area contributed by atoms with E-state index >= 15 is 0 Å². The minimum atomic E-state index is -0.378. The number of rotatable bonds is 8. The highest BCUT2D eigenvalue weighted by Gasteiger charge is 2.16. The highest BCUT2D eigenvalue weighted by Crippen LogP contribution is 2.23. The molecule has 182 valence electrons. The fraction of sp³-hybridized carbons (Fsp3) is 0.296. The number of carbonyl (C=O) groups excluding carboxylic acids is 2. The van der Waals surface area contributed by atoms with Crippen molar-refractivity contribution in [2.24, 2.45) is 0 Å². The number of halogens is 1. The summed E-state index contributed by atoms with van der Waals surface area (Å²) in [5, 5.41) is 6.83. The summed E-state index contributed by atoms with van der Waals surface area (Å²) in [6.45, 7) is 6.63. The lowest BCUT2D eigenvalue weighted by Gasteiger charge is -2.26. The van der Waals surface area contributed by atoms with E-state index in [-0.39, 0.29) is 22.7 Å². The first kappa shape index (κ1) is 24.9. The van der Waals surface area contributed by atoms with Crippen LogP contribution in [0.2, 0.25) is 5.15 Å². The van der Waals surface area contributed by atoms with Gasteiger partial charge < -0.3 is 15.4 Å². The number of aromatic nitrogens is 1. The number of fused-ring (bicyclic) bond motifs is 1. The first-order chi connectivity index (χ1) is 17.0. The SMILES string of the molecule is Cc1ccc2cc(C=C(NC(=O)c3ccccc3)C(=O)NCCCN3CCOCC3)c(Cl)nc2c1. The van der Waals surface area contributed by atoms with Gasteiger partial charge in [-0.25, -0.2) is 4.98 Å². The molecule has 0 aliphatic carbocycles. The molecule has 1 saturated heterocycles. The largest absolute Gasteiger partial charge is 0.379 e. The van der Waals surface area contributed by atoms with E-state index in [2.05, 4.69) is 20.5 Å². The quantitative estimate of drug-likeness (QED) is 0.284. The highest BCUT2D eigenvalue weighted by atomic mass is 35.5. The van der Waals surface area contributed by atoms with Crippen LogP contribution in [0.25, 0.3) is 17.0 Å². The Morgan fingerprint density at radius 1 is 1.11 bits per heavy atom. The summed E-state index contributed by atoms with van der Waals surface area (Å²) in [4.78, 5) is 32.7. The molecular formula is C27H29ClN4O3. The number of morpholine rings is 1. The van der Waals surface area contributed by atoms with E-state index in [9.17, 15) is 9.59 Å². The lowest BCUT2D eigenvalue weighted by Crippen LogP contribution is -2.39. The summed E-state index contributed by atoms with van der Waals surface area (Å²) in [5.41, 5.74) is 2.97. The van der Waals surface area contributed by atoms with Crippen molar-refractivity contribution in [2.75, 3.05) is 39.4 Å². The molecule has 2 amide bonds. The molecule has 1 aliphatic rings. The van der Waals surface area contributed by atoms with Gasteiger partial charge in [0, 0.05) is 36.1 Å². The van der Waals surface area contributed by atoms with Crippen molar-refractivity contribution in [3.63, 3.8) is 0 Å². The molecule has 1 fully saturated rings. The van der Waals surface area contributed by atoms with E-state index in [1.165, 1.54) is 0 Å². The Kier molecular flexibility index (Phi) is 8.47. The molecule has 0 atom stereocenters. The summed E-state index contributed by atoms with van der Waals surface area (Å²) >= 11 is 6.45. The molecule has 3 aromatic rings. The second-order valence-corrected chi connectivity index (χ2v) is 8.86. The zero-order chi connectivity index (χ0) is 24.6. The van der Waals surface area contributed by atoms with Gasteiger partial charge in [-0.05, 0) is 55.8 Å². The molecular weight excluding hydrogens is 464 g/mol. The monoisotopic (exact) mass is 492 g/mol. The number of ether oxygens (including phenoxy) is 1. The minimum absolute atomic E-state index is 0.111. The van der Waals surface area contributed by atoms with Crippen LogP contribution in [0.3, 0.4) is 0 Å². The number of amides is 2. The van der Waals surface area contributed by atoms with Crippen LogP contribution < -0.4 is 10.6 Å². The number of hydrogen-bond acceptors (Lipinski definition) is 5. The Bertz CT molecular complexity index is 1220. The van der Waals surface area contributed by atoms with Gasteiger partial charge in [0.05, 0.1) is 18.7 Å². The standard InChI is InChI=1S/C27H29ClN4O3/c1-19-8-9-21-17-22(25(28)30-23(21)16-19)18-24(31-26(33)20-6-3-2-4-7-20)27(34)29-10-5-11-32-12-14-35-15-13-32/h2-4,6-9,16-18H,5,10-15H2,1H3,(H,29,34)(H,31,33). The smallest absolute Gasteiger partial charge is 0.267 e. The van der Waals surface area contributed by atoms with Crippen molar-refractivity contribution in [1.82, 2.24) is 20.5 Å². The van der Waals surface area contributed by atoms with Crippen LogP contribution in [0, 0.1) is 6.92 Å². The van der Waals surface area contributed by atoms with Crippen molar-refractivity contribution in [3.05, 3.63) is 82.1 Å². The van der Waals surface area contributed by atoms with Crippen LogP contribution in [0.4, 0.5) is 0 Å². The van der Waals surface area contributed by atoms with Crippen LogP contribution in [0.1, 0.15) is 27.9 Å². The normalized spacial score (nSPS) is 14.6. The first-order valence-electron chi connectivity index (χ1n) is 11.7. The molecule has 2 aromatic carbocycles. The zero-order valence-electron chi connectivity index (χ0n) is 19.7. The van der Waals surface area contributed by atoms with E-state index < -0.39 is 0 Å². The van der Waals surface area contributed by atoms with Crippen LogP contribution in [-0.2, 0) is 9.53 Å². The molecule has 2 N–H and O–H groups in total. The van der Waals surface area contributed by atoms with E-state index in [1.54, 1.807) is 30.3 Å². The van der Waals surface area contributed by atoms with Crippen molar-refractivity contribution in [3.8, 4) is 0 Å². The summed E-state index contributed by atoms with van der Waals surface area (Å²) in [7, 11) is 0. The van der Waals surface area contributed by atoms with Gasteiger partial charge in [-0.1, -0.05) is 41.9 Å². The first-order valence-corrected chi connectivity index (χ1v) is 12.1. The Labute approximate surface area is 210 Å². The summed E-state index contributed by atoms with van der Waals surface area (Å²) < 4.78 is 5.37. The second-order valence-electron chi connectivity index (χ2n) is 8.51. The molecule has 0 saturated carbocycles. The summed E-state index contributed by atoms with van der Waals surface area (Å²) in [5.74, 6) is -0.753. The van der Waals surface area contributed by atoms with Crippen LogP contribution in [0.5, 0.6) is 0 Å². The predicted molar refractivity (Wildman–Crippen MR) is 138 cm³/mol. The summed E-state index contributed by atoms with van der Waals surface area (Å²) in [6.07, 6.45) is 2.37. The number of nitrogens with zero attached hydrogens (tertiary/aromatic N) is 2. The molecule has 0 spiro atoms. The fourth-order valence-corrected chi connectivity index (χ4v) is 4.09. The van der Waals surface area contributed by atoms with Gasteiger partial charge in [-0.2, -0.15) is 0 Å². The summed E-state index contributed by atoms with van der Waals surface area (Å²) in [6, 6.07) is 16.5. The topological polar surface area (TPSA) is 83.6 Å². The maximum Gasteiger partial charge on any atom is 0.267 e. The molecule has 35 heavy (non-hydrogen) atoms. The van der Waals surface area contributed by atoms with Crippen molar-refractivity contribution >= 4 is 40.4 Å². The zero-order valence-corrected chi connectivity index (χ0v) is 20.5. The number of pyridine rings is 1. The minimum Gasteiger partial charge on any atom is -0.379 e. The average molecular weight is 493 g/mol. The third-order valence-corrected chi connectivity index (χ3v) is 6.13. The maximum atomic E-state index is 13.1. The van der Waals surface area contributed by atoms with E-state index in [0.717, 1.165) is 55.7 Å². The van der Waals surface area contributed by atoms with Gasteiger partial charge in [0.2, 0.25) is 0 Å². The lowest BCUT2D eigenvalue weighted by molar-refractivity contribution is -0.117. The predicted octanol–water partition coefficient (Wildman–Crippen LogP) is 3.81. The van der Waals surface area contributed by atoms with Crippen molar-refractivity contribution < 1.29 is 14.3 Å². The number of hydrogen-bond donors (Lipinski definition) is 2. The average Bonchev–Trinajstić information content (AvgIpc) is 2.87. The van der Waals surface area contributed by atoms with Crippen molar-refractivity contribution in [2.45, 2.75) is 13.3 Å². The Morgan fingerprint density at radius 3 is 2.66 bits per heavy atom. The molecule has 0 bridgehead atoms. The van der Waals surface area contributed by atoms with Gasteiger partial charge in [-0.3, -0.25) is 14.5 Å². The Hall–Kier alpha value is -3.26. The molecule has 0 unspecified atom stereocenters. The maximum absolute atomic E-state index is 13.1. The van der Waals surface area contributed by atoms with E-state index in [0.29, 0.717) is 17.7 Å². The van der Waals surface area contributed by atoms with Gasteiger partial charge >= 0.3 is 0 Å². The van der Waals surface area contributed by atoms with Gasteiger partial charge in [0.15, 0.2) is 0 Å². The molecule has 1 aromatic heterocycles. The molecule has 7 nitrogen and oxygen atoms in total. The second kappa shape index (κ2) is 11.9. The number of nitrogens with one attached hydrogen (secondary N) is 2. The number of benzene rings is 2. The van der Waals surface area contributed by atoms with Gasteiger partial charge in [-0.15, -0.1) is 0 Å². The highest BCUT2D eigenvalue weighted by molar-refractivity contribution is 6.31. The molecule has 0 radical (unpaired) electrons. The van der Waals surface area contributed by atoms with Crippen LogP contribution in [-0.4, -0.2) is 61.1 Å². The number of aryl methyl sites for hydroxylation is 1. The molecule has 4 rings (SSSR count). The van der Waals surface area contributed by atoms with Crippen LogP contribution >= 0.6 is 11.6 Å². The lowest BCUT2D eigenvalue weighted by atomic mass is 10.1.